The fraction of sp³-hybridized carbons (Fsp3) is 0.467. The van der Waals surface area contributed by atoms with Crippen molar-refractivity contribution in [3.63, 3.8) is 0 Å². The molecular formula is C15H21NO4. The molecule has 0 heterocycles. The molecule has 0 saturated heterocycles. The molecule has 0 spiro atoms. The molecule has 20 heavy (non-hydrogen) atoms. The van der Waals surface area contributed by atoms with Crippen molar-refractivity contribution < 1.29 is 19.4 Å². The van der Waals surface area contributed by atoms with Gasteiger partial charge in [-0.25, -0.2) is 4.79 Å². The molecule has 0 unspecified atom stereocenters. The van der Waals surface area contributed by atoms with Crippen LogP contribution in [0.3, 0.4) is 0 Å². The van der Waals surface area contributed by atoms with Crippen LogP contribution in [-0.4, -0.2) is 35.5 Å². The van der Waals surface area contributed by atoms with Crippen LogP contribution in [0.25, 0.3) is 0 Å². The molecule has 0 fully saturated rings. The van der Waals surface area contributed by atoms with Crippen molar-refractivity contribution in [3.05, 3.63) is 29.8 Å². The molecule has 0 aliphatic rings. The monoisotopic (exact) mass is 279 g/mol. The Labute approximate surface area is 119 Å². The molecule has 0 aliphatic heterocycles. The first-order valence-electron chi connectivity index (χ1n) is 6.56. The fourth-order valence-corrected chi connectivity index (χ4v) is 1.70. The van der Waals surface area contributed by atoms with Crippen LogP contribution < -0.4 is 4.74 Å². The average molecular weight is 279 g/mol. The largest absolute Gasteiger partial charge is 0.482 e. The van der Waals surface area contributed by atoms with Gasteiger partial charge < -0.3 is 14.7 Å². The lowest BCUT2D eigenvalue weighted by Crippen LogP contribution is -2.27. The van der Waals surface area contributed by atoms with E-state index in [1.165, 1.54) is 0 Å². The van der Waals surface area contributed by atoms with Crippen LogP contribution >= 0.6 is 0 Å². The number of hydrogen-bond acceptors (Lipinski definition) is 3. The maximum atomic E-state index is 11.8. The van der Waals surface area contributed by atoms with Gasteiger partial charge in [-0.1, -0.05) is 26.0 Å². The average Bonchev–Trinajstić information content (AvgIpc) is 2.37. The quantitative estimate of drug-likeness (QED) is 0.830. The zero-order valence-corrected chi connectivity index (χ0v) is 12.1. The minimum Gasteiger partial charge on any atom is -0.482 e. The van der Waals surface area contributed by atoms with Gasteiger partial charge in [-0.15, -0.1) is 0 Å². The van der Waals surface area contributed by atoms with Crippen molar-refractivity contribution in [3.8, 4) is 5.75 Å². The summed E-state index contributed by atoms with van der Waals surface area (Å²) in [6, 6.07) is 7.07. The first-order chi connectivity index (χ1) is 9.38. The van der Waals surface area contributed by atoms with E-state index in [0.717, 1.165) is 5.56 Å². The Morgan fingerprint density at radius 1 is 1.25 bits per heavy atom. The zero-order chi connectivity index (χ0) is 15.1. The molecule has 0 atom stereocenters. The summed E-state index contributed by atoms with van der Waals surface area (Å²) in [5.41, 5.74) is 0.979. The van der Waals surface area contributed by atoms with Gasteiger partial charge in [0.25, 0.3) is 0 Å². The summed E-state index contributed by atoms with van der Waals surface area (Å²) in [4.78, 5) is 23.9. The van der Waals surface area contributed by atoms with Gasteiger partial charge in [0.2, 0.25) is 5.91 Å². The van der Waals surface area contributed by atoms with E-state index in [2.05, 4.69) is 0 Å². The van der Waals surface area contributed by atoms with Gasteiger partial charge in [0.05, 0.1) is 0 Å². The third-order valence-corrected chi connectivity index (χ3v) is 2.71. The van der Waals surface area contributed by atoms with E-state index < -0.39 is 5.97 Å². The molecule has 1 amide bonds. The maximum Gasteiger partial charge on any atom is 0.341 e. The predicted molar refractivity (Wildman–Crippen MR) is 75.5 cm³/mol. The smallest absolute Gasteiger partial charge is 0.341 e. The molecule has 5 heteroatoms. The van der Waals surface area contributed by atoms with Crippen LogP contribution in [0.2, 0.25) is 0 Å². The number of nitrogens with zero attached hydrogens (tertiary/aromatic N) is 1. The molecule has 0 aromatic heterocycles. The van der Waals surface area contributed by atoms with Crippen molar-refractivity contribution in [2.24, 2.45) is 5.92 Å². The first-order valence-corrected chi connectivity index (χ1v) is 6.56. The third-order valence-electron chi connectivity index (χ3n) is 2.71. The molecule has 0 bridgehead atoms. The minimum absolute atomic E-state index is 0.117. The number of carboxylic acid groups (broad SMARTS) is 1. The van der Waals surface area contributed by atoms with E-state index in [0.29, 0.717) is 24.6 Å². The molecule has 0 saturated carbocycles. The molecule has 5 nitrogen and oxygen atoms in total. The van der Waals surface area contributed by atoms with E-state index in [-0.39, 0.29) is 12.5 Å². The number of benzene rings is 1. The van der Waals surface area contributed by atoms with Gasteiger partial charge in [-0.2, -0.15) is 0 Å². The zero-order valence-electron chi connectivity index (χ0n) is 12.1. The highest BCUT2D eigenvalue weighted by Gasteiger charge is 2.11. The lowest BCUT2D eigenvalue weighted by atomic mass is 10.1. The lowest BCUT2D eigenvalue weighted by molar-refractivity contribution is -0.139. The second-order valence-electron chi connectivity index (χ2n) is 5.17. The summed E-state index contributed by atoms with van der Waals surface area (Å²) in [6.07, 6.45) is 0.538. The number of aliphatic carboxylic acids is 1. The Bertz CT molecular complexity index is 453. The molecule has 1 aromatic carbocycles. The second-order valence-corrected chi connectivity index (χ2v) is 5.17. The van der Waals surface area contributed by atoms with Gasteiger partial charge in [0, 0.05) is 20.0 Å². The van der Waals surface area contributed by atoms with E-state index in [9.17, 15) is 9.59 Å². The number of carbonyl (C=O) groups is 2. The third kappa shape index (κ3) is 5.73. The van der Waals surface area contributed by atoms with E-state index in [4.69, 9.17) is 9.84 Å². The normalized spacial score (nSPS) is 10.4. The van der Waals surface area contributed by atoms with E-state index >= 15 is 0 Å². The molecule has 110 valence electrons. The Kier molecular flexibility index (Phi) is 6.03. The summed E-state index contributed by atoms with van der Waals surface area (Å²) >= 11 is 0. The van der Waals surface area contributed by atoms with E-state index in [1.54, 1.807) is 24.1 Å². The Balaban J connectivity index is 2.52. The van der Waals surface area contributed by atoms with Crippen molar-refractivity contribution in [2.45, 2.75) is 26.8 Å². The number of rotatable bonds is 7. The summed E-state index contributed by atoms with van der Waals surface area (Å²) < 4.78 is 5.05. The van der Waals surface area contributed by atoms with Gasteiger partial charge >= 0.3 is 5.97 Å². The van der Waals surface area contributed by atoms with Gasteiger partial charge in [-0.3, -0.25) is 4.79 Å². The second kappa shape index (κ2) is 7.53. The summed E-state index contributed by atoms with van der Waals surface area (Å²) in [6.45, 7) is 4.21. The Morgan fingerprint density at radius 2 is 1.85 bits per heavy atom. The number of hydrogen-bond donors (Lipinski definition) is 1. The highest BCUT2D eigenvalue weighted by Crippen LogP contribution is 2.14. The van der Waals surface area contributed by atoms with Crippen molar-refractivity contribution in [2.75, 3.05) is 13.7 Å². The van der Waals surface area contributed by atoms with Gasteiger partial charge in [0.1, 0.15) is 5.75 Å². The topological polar surface area (TPSA) is 66.8 Å². The van der Waals surface area contributed by atoms with Crippen molar-refractivity contribution in [1.29, 1.82) is 0 Å². The Morgan fingerprint density at radius 3 is 2.35 bits per heavy atom. The van der Waals surface area contributed by atoms with Crippen molar-refractivity contribution in [1.82, 2.24) is 4.90 Å². The van der Waals surface area contributed by atoms with E-state index in [1.807, 2.05) is 26.0 Å². The molecule has 0 aliphatic carbocycles. The fourth-order valence-electron chi connectivity index (χ4n) is 1.70. The van der Waals surface area contributed by atoms with Crippen LogP contribution in [0.5, 0.6) is 5.75 Å². The van der Waals surface area contributed by atoms with Crippen LogP contribution in [-0.2, 0) is 16.1 Å². The SMILES string of the molecule is CC(C)CC(=O)N(C)Cc1ccc(OCC(=O)O)cc1. The molecular weight excluding hydrogens is 258 g/mol. The first kappa shape index (κ1) is 16.0. The van der Waals surface area contributed by atoms with Crippen LogP contribution in [0.1, 0.15) is 25.8 Å². The summed E-state index contributed by atoms with van der Waals surface area (Å²) in [5, 5.41) is 8.51. The summed E-state index contributed by atoms with van der Waals surface area (Å²) in [7, 11) is 1.78. The molecule has 1 aromatic rings. The highest BCUT2D eigenvalue weighted by molar-refractivity contribution is 5.76. The molecule has 0 radical (unpaired) electrons. The lowest BCUT2D eigenvalue weighted by Gasteiger charge is -2.18. The van der Waals surface area contributed by atoms with Gasteiger partial charge in [0.15, 0.2) is 6.61 Å². The van der Waals surface area contributed by atoms with Gasteiger partial charge in [-0.05, 0) is 23.6 Å². The van der Waals surface area contributed by atoms with Crippen LogP contribution in [0.4, 0.5) is 0 Å². The Hall–Kier alpha value is -2.04. The minimum atomic E-state index is -1.01. The highest BCUT2D eigenvalue weighted by atomic mass is 16.5. The maximum absolute atomic E-state index is 11.8. The summed E-state index contributed by atoms with van der Waals surface area (Å²) in [5.74, 6) is -0.0386. The number of carboxylic acids is 1. The number of amides is 1. The predicted octanol–water partition coefficient (Wildman–Crippen LogP) is 2.15. The molecule has 1 rings (SSSR count). The number of ether oxygens (including phenoxy) is 1. The van der Waals surface area contributed by atoms with Crippen molar-refractivity contribution >= 4 is 11.9 Å². The van der Waals surface area contributed by atoms with Crippen LogP contribution in [0, 0.1) is 5.92 Å². The number of carbonyl (C=O) groups excluding carboxylic acids is 1. The standard InChI is InChI=1S/C15H21NO4/c1-11(2)8-14(17)16(3)9-12-4-6-13(7-5-12)20-10-15(18)19/h4-7,11H,8-10H2,1-3H3,(H,18,19). The molecule has 1 N–H and O–H groups in total. The van der Waals surface area contributed by atoms with Crippen LogP contribution in [0.15, 0.2) is 24.3 Å².